The molecule has 0 radical (unpaired) electrons. The maximum atomic E-state index is 11.8. The molecular weight excluding hydrogens is 256 g/mol. The topological polar surface area (TPSA) is 95.5 Å². The van der Waals surface area contributed by atoms with Crippen molar-refractivity contribution in [2.24, 2.45) is 0 Å². The summed E-state index contributed by atoms with van der Waals surface area (Å²) >= 11 is 1.21. The Balaban J connectivity index is 2.11. The Kier molecular flexibility index (Phi) is 3.33. The van der Waals surface area contributed by atoms with Crippen LogP contribution < -0.4 is 10.6 Å². The van der Waals surface area contributed by atoms with Gasteiger partial charge in [0, 0.05) is 11.3 Å². The molecule has 1 saturated heterocycles. The third kappa shape index (κ3) is 2.51. The van der Waals surface area contributed by atoms with Gasteiger partial charge in [-0.15, -0.1) is 11.3 Å². The number of carboxylic acid groups (broad SMARTS) is 1. The molecule has 2 heterocycles. The van der Waals surface area contributed by atoms with E-state index < -0.39 is 12.0 Å². The van der Waals surface area contributed by atoms with Crippen LogP contribution in [0.4, 0.5) is 5.00 Å². The minimum absolute atomic E-state index is 0.0789. The molecule has 1 atom stereocenters. The average molecular weight is 268 g/mol. The third-order valence-electron chi connectivity index (χ3n) is 2.63. The first-order valence-corrected chi connectivity index (χ1v) is 6.23. The van der Waals surface area contributed by atoms with Crippen LogP contribution in [0.3, 0.4) is 0 Å². The highest BCUT2D eigenvalue weighted by Crippen LogP contribution is 2.28. The van der Waals surface area contributed by atoms with Crippen molar-refractivity contribution in [2.45, 2.75) is 25.8 Å². The lowest BCUT2D eigenvalue weighted by atomic mass is 10.2. The summed E-state index contributed by atoms with van der Waals surface area (Å²) in [6.45, 7) is 1.77. The fourth-order valence-electron chi connectivity index (χ4n) is 1.78. The summed E-state index contributed by atoms with van der Waals surface area (Å²) in [6.07, 6.45) is 0.769. The predicted octanol–water partition coefficient (Wildman–Crippen LogP) is 0.972. The van der Waals surface area contributed by atoms with E-state index in [1.807, 2.05) is 0 Å². The molecule has 2 amide bonds. The summed E-state index contributed by atoms with van der Waals surface area (Å²) in [5, 5.41) is 14.4. The van der Waals surface area contributed by atoms with Gasteiger partial charge in [0.25, 0.3) is 0 Å². The van der Waals surface area contributed by atoms with Crippen molar-refractivity contribution >= 4 is 34.1 Å². The molecule has 1 aromatic rings. The van der Waals surface area contributed by atoms with Crippen molar-refractivity contribution < 1.29 is 19.5 Å². The standard InChI is InChI=1S/C11H12N2O4S/c1-5-4-6(11(16)17)10(18-5)13-9(15)7-2-3-8(14)12-7/h4,7H,2-3H2,1H3,(H,12,14)(H,13,15)(H,16,17). The van der Waals surface area contributed by atoms with Crippen LogP contribution in [0.15, 0.2) is 6.07 Å². The minimum atomic E-state index is -1.08. The van der Waals surface area contributed by atoms with Crippen LogP contribution in [0, 0.1) is 6.92 Å². The Morgan fingerprint density at radius 3 is 2.83 bits per heavy atom. The van der Waals surface area contributed by atoms with Crippen molar-refractivity contribution in [3.05, 3.63) is 16.5 Å². The van der Waals surface area contributed by atoms with E-state index >= 15 is 0 Å². The smallest absolute Gasteiger partial charge is 0.338 e. The van der Waals surface area contributed by atoms with Crippen molar-refractivity contribution in [3.8, 4) is 0 Å². The third-order valence-corrected chi connectivity index (χ3v) is 3.60. The van der Waals surface area contributed by atoms with E-state index in [0.717, 1.165) is 4.88 Å². The van der Waals surface area contributed by atoms with Crippen LogP contribution in [-0.4, -0.2) is 28.9 Å². The highest BCUT2D eigenvalue weighted by atomic mass is 32.1. The van der Waals surface area contributed by atoms with Gasteiger partial charge in [0.1, 0.15) is 11.0 Å². The molecule has 1 aromatic heterocycles. The zero-order valence-electron chi connectivity index (χ0n) is 9.65. The van der Waals surface area contributed by atoms with Gasteiger partial charge in [-0.25, -0.2) is 4.79 Å². The number of anilines is 1. The Hall–Kier alpha value is -1.89. The molecular formula is C11H12N2O4S. The number of aromatic carboxylic acids is 1. The van der Waals surface area contributed by atoms with E-state index in [4.69, 9.17) is 5.11 Å². The predicted molar refractivity (Wildman–Crippen MR) is 65.8 cm³/mol. The van der Waals surface area contributed by atoms with Crippen molar-refractivity contribution in [1.82, 2.24) is 5.32 Å². The van der Waals surface area contributed by atoms with Gasteiger partial charge in [0.05, 0.1) is 5.56 Å². The molecule has 1 fully saturated rings. The van der Waals surface area contributed by atoms with Crippen LogP contribution in [0.1, 0.15) is 28.1 Å². The van der Waals surface area contributed by atoms with Gasteiger partial charge in [-0.2, -0.15) is 0 Å². The summed E-state index contributed by atoms with van der Waals surface area (Å²) in [7, 11) is 0. The molecule has 1 aliphatic rings. The number of carboxylic acids is 1. The molecule has 6 nitrogen and oxygen atoms in total. The second-order valence-corrected chi connectivity index (χ2v) is 5.31. The Bertz CT molecular complexity index is 523. The number of amides is 2. The zero-order valence-corrected chi connectivity index (χ0v) is 10.5. The van der Waals surface area contributed by atoms with Crippen LogP contribution in [0.2, 0.25) is 0 Å². The first kappa shape index (κ1) is 12.6. The van der Waals surface area contributed by atoms with Crippen molar-refractivity contribution in [3.63, 3.8) is 0 Å². The maximum Gasteiger partial charge on any atom is 0.338 e. The van der Waals surface area contributed by atoms with Gasteiger partial charge in [0.15, 0.2) is 0 Å². The fourth-order valence-corrected chi connectivity index (χ4v) is 2.68. The lowest BCUT2D eigenvalue weighted by molar-refractivity contribution is -0.122. The fraction of sp³-hybridized carbons (Fsp3) is 0.364. The number of carbonyl (C=O) groups excluding carboxylic acids is 2. The molecule has 0 spiro atoms. The van der Waals surface area contributed by atoms with E-state index in [1.165, 1.54) is 17.4 Å². The number of hydrogen-bond donors (Lipinski definition) is 3. The molecule has 18 heavy (non-hydrogen) atoms. The van der Waals surface area contributed by atoms with E-state index in [2.05, 4.69) is 10.6 Å². The van der Waals surface area contributed by atoms with Gasteiger partial charge in [-0.3, -0.25) is 9.59 Å². The number of carbonyl (C=O) groups is 3. The van der Waals surface area contributed by atoms with Gasteiger partial charge in [-0.05, 0) is 19.4 Å². The highest BCUT2D eigenvalue weighted by molar-refractivity contribution is 7.16. The van der Waals surface area contributed by atoms with Gasteiger partial charge >= 0.3 is 5.97 Å². The van der Waals surface area contributed by atoms with Crippen LogP contribution in [0.25, 0.3) is 0 Å². The van der Waals surface area contributed by atoms with E-state index in [1.54, 1.807) is 6.92 Å². The SMILES string of the molecule is Cc1cc(C(=O)O)c(NC(=O)C2CCC(=O)N2)s1. The summed E-state index contributed by atoms with van der Waals surface area (Å²) in [5.41, 5.74) is 0.0789. The van der Waals surface area contributed by atoms with E-state index in [-0.39, 0.29) is 17.4 Å². The second-order valence-electron chi connectivity index (χ2n) is 4.05. The van der Waals surface area contributed by atoms with Crippen LogP contribution in [-0.2, 0) is 9.59 Å². The quantitative estimate of drug-likeness (QED) is 0.761. The van der Waals surface area contributed by atoms with Crippen LogP contribution in [0.5, 0.6) is 0 Å². The molecule has 2 rings (SSSR count). The van der Waals surface area contributed by atoms with E-state index in [9.17, 15) is 14.4 Å². The molecule has 0 saturated carbocycles. The lowest BCUT2D eigenvalue weighted by Gasteiger charge is -2.09. The summed E-state index contributed by atoms with van der Waals surface area (Å²) < 4.78 is 0. The van der Waals surface area contributed by atoms with Crippen molar-refractivity contribution in [2.75, 3.05) is 5.32 Å². The Morgan fingerprint density at radius 2 is 2.28 bits per heavy atom. The largest absolute Gasteiger partial charge is 0.478 e. The average Bonchev–Trinajstić information content (AvgIpc) is 2.85. The molecule has 0 aliphatic carbocycles. The Morgan fingerprint density at radius 1 is 1.56 bits per heavy atom. The monoisotopic (exact) mass is 268 g/mol. The number of thiophene rings is 1. The number of nitrogens with one attached hydrogen (secondary N) is 2. The number of rotatable bonds is 3. The van der Waals surface area contributed by atoms with Gasteiger partial charge < -0.3 is 15.7 Å². The normalized spacial score (nSPS) is 18.5. The summed E-state index contributed by atoms with van der Waals surface area (Å²) in [4.78, 5) is 34.6. The number of aryl methyl sites for hydroxylation is 1. The first-order chi connectivity index (χ1) is 8.47. The lowest BCUT2D eigenvalue weighted by Crippen LogP contribution is -2.37. The van der Waals surface area contributed by atoms with Crippen molar-refractivity contribution in [1.29, 1.82) is 0 Å². The van der Waals surface area contributed by atoms with Gasteiger partial charge in [-0.1, -0.05) is 0 Å². The Labute approximate surface area is 107 Å². The second kappa shape index (κ2) is 4.77. The molecule has 1 aliphatic heterocycles. The first-order valence-electron chi connectivity index (χ1n) is 5.41. The summed E-state index contributed by atoms with van der Waals surface area (Å²) in [6, 6.07) is 0.942. The zero-order chi connectivity index (χ0) is 13.3. The van der Waals surface area contributed by atoms with E-state index in [0.29, 0.717) is 17.8 Å². The summed E-state index contributed by atoms with van der Waals surface area (Å²) in [5.74, 6) is -1.61. The molecule has 96 valence electrons. The maximum absolute atomic E-state index is 11.8. The highest BCUT2D eigenvalue weighted by Gasteiger charge is 2.28. The number of hydrogen-bond acceptors (Lipinski definition) is 4. The molecule has 7 heteroatoms. The molecule has 1 unspecified atom stereocenters. The van der Waals surface area contributed by atoms with Gasteiger partial charge in [0.2, 0.25) is 11.8 Å². The molecule has 3 N–H and O–H groups in total. The minimum Gasteiger partial charge on any atom is -0.478 e. The molecule has 0 bridgehead atoms. The molecule has 0 aromatic carbocycles. The van der Waals surface area contributed by atoms with Crippen LogP contribution >= 0.6 is 11.3 Å².